The Kier molecular flexibility index (Phi) is 4.28. The summed E-state index contributed by atoms with van der Waals surface area (Å²) >= 11 is 12.9. The minimum absolute atomic E-state index is 0.557. The van der Waals surface area contributed by atoms with Crippen molar-refractivity contribution in [3.05, 3.63) is 83.4 Å². The maximum atomic E-state index is 6.56. The van der Waals surface area contributed by atoms with E-state index in [1.54, 1.807) is 18.5 Å². The third-order valence-electron chi connectivity index (χ3n) is 5.48. The molecule has 0 radical (unpaired) electrons. The number of nitrogens with zero attached hydrogens (tertiary/aromatic N) is 7. The molecule has 0 amide bonds. The highest BCUT2D eigenvalue weighted by molar-refractivity contribution is 6.35. The fourth-order valence-electron chi connectivity index (χ4n) is 3.94. The van der Waals surface area contributed by atoms with Crippen molar-refractivity contribution in [1.29, 1.82) is 0 Å². The molecule has 0 fully saturated rings. The van der Waals surface area contributed by atoms with Crippen molar-refractivity contribution in [2.24, 2.45) is 7.05 Å². The van der Waals surface area contributed by atoms with Crippen molar-refractivity contribution < 1.29 is 0 Å². The molecule has 32 heavy (non-hydrogen) atoms. The number of imidazole rings is 1. The molecular formula is C23H15Cl2N7. The first-order chi connectivity index (χ1) is 15.6. The second kappa shape index (κ2) is 7.19. The van der Waals surface area contributed by atoms with Gasteiger partial charge in [-0.15, -0.1) is 10.2 Å². The topological polar surface area (TPSA) is 65.8 Å². The standard InChI is InChI=1S/C23H15Cl2N7/c1-30-19-11-16(7-5-14(19)12-27-30)32-13-26-29-23(32)22-21(17-10-15(24)6-8-18(17)25)28-20-4-2-3-9-31(20)22/h2-13H,1H3. The number of aromatic nitrogens is 7. The van der Waals surface area contributed by atoms with Crippen LogP contribution >= 0.6 is 23.2 Å². The van der Waals surface area contributed by atoms with E-state index in [0.717, 1.165) is 33.5 Å². The molecule has 9 heteroatoms. The Hall–Kier alpha value is -3.68. The van der Waals surface area contributed by atoms with E-state index in [9.17, 15) is 0 Å². The third-order valence-corrected chi connectivity index (χ3v) is 6.05. The van der Waals surface area contributed by atoms with Gasteiger partial charge < -0.3 is 0 Å². The van der Waals surface area contributed by atoms with E-state index >= 15 is 0 Å². The van der Waals surface area contributed by atoms with Crippen molar-refractivity contribution >= 4 is 39.8 Å². The van der Waals surface area contributed by atoms with Gasteiger partial charge in [0.25, 0.3) is 0 Å². The zero-order valence-electron chi connectivity index (χ0n) is 16.8. The van der Waals surface area contributed by atoms with Gasteiger partial charge in [-0.05, 0) is 48.5 Å². The van der Waals surface area contributed by atoms with Crippen LogP contribution in [-0.4, -0.2) is 33.9 Å². The van der Waals surface area contributed by atoms with E-state index in [-0.39, 0.29) is 0 Å². The van der Waals surface area contributed by atoms with Gasteiger partial charge in [-0.3, -0.25) is 13.6 Å². The lowest BCUT2D eigenvalue weighted by molar-refractivity contribution is 0.796. The van der Waals surface area contributed by atoms with Crippen LogP contribution in [0.25, 0.3) is 45.0 Å². The summed E-state index contributed by atoms with van der Waals surface area (Å²) in [5.74, 6) is 0.635. The van der Waals surface area contributed by atoms with Crippen LogP contribution < -0.4 is 0 Å². The number of fused-ring (bicyclic) bond motifs is 2. The molecule has 0 aliphatic rings. The quantitative estimate of drug-likeness (QED) is 0.353. The van der Waals surface area contributed by atoms with Crippen LogP contribution in [0.3, 0.4) is 0 Å². The van der Waals surface area contributed by atoms with E-state index in [1.807, 2.05) is 69.5 Å². The number of hydrogen-bond donors (Lipinski definition) is 0. The van der Waals surface area contributed by atoms with Crippen molar-refractivity contribution in [3.8, 4) is 28.5 Å². The molecule has 0 aliphatic heterocycles. The van der Waals surface area contributed by atoms with Crippen LogP contribution in [0.15, 0.2) is 73.3 Å². The Labute approximate surface area is 192 Å². The minimum Gasteiger partial charge on any atom is -0.296 e. The second-order valence-corrected chi connectivity index (χ2v) is 8.24. The van der Waals surface area contributed by atoms with Crippen molar-refractivity contribution in [3.63, 3.8) is 0 Å². The number of rotatable bonds is 3. The lowest BCUT2D eigenvalue weighted by atomic mass is 10.1. The summed E-state index contributed by atoms with van der Waals surface area (Å²) in [5, 5.41) is 15.2. The molecule has 6 rings (SSSR count). The summed E-state index contributed by atoms with van der Waals surface area (Å²) in [7, 11) is 1.92. The monoisotopic (exact) mass is 459 g/mol. The number of aryl methyl sites for hydroxylation is 1. The van der Waals surface area contributed by atoms with E-state index in [0.29, 0.717) is 21.6 Å². The van der Waals surface area contributed by atoms with Crippen molar-refractivity contribution in [2.75, 3.05) is 0 Å². The average Bonchev–Trinajstić information content (AvgIpc) is 3.52. The van der Waals surface area contributed by atoms with E-state index < -0.39 is 0 Å². The van der Waals surface area contributed by atoms with Crippen LogP contribution in [0.1, 0.15) is 0 Å². The Balaban J connectivity index is 1.64. The molecule has 0 saturated carbocycles. The maximum Gasteiger partial charge on any atom is 0.187 e. The summed E-state index contributed by atoms with van der Waals surface area (Å²) in [5.41, 5.74) is 4.88. The number of halogens is 2. The Morgan fingerprint density at radius 2 is 1.88 bits per heavy atom. The molecule has 0 saturated heterocycles. The molecule has 4 aromatic heterocycles. The smallest absolute Gasteiger partial charge is 0.187 e. The molecule has 0 aliphatic carbocycles. The molecule has 6 aromatic rings. The molecular weight excluding hydrogens is 445 g/mol. The first-order valence-electron chi connectivity index (χ1n) is 9.85. The zero-order chi connectivity index (χ0) is 21.8. The van der Waals surface area contributed by atoms with Gasteiger partial charge in [0.1, 0.15) is 23.4 Å². The number of benzene rings is 2. The van der Waals surface area contributed by atoms with Gasteiger partial charge in [-0.25, -0.2) is 4.98 Å². The van der Waals surface area contributed by atoms with Gasteiger partial charge in [0, 0.05) is 29.2 Å². The minimum atomic E-state index is 0.557. The molecule has 0 bridgehead atoms. The summed E-state index contributed by atoms with van der Waals surface area (Å²) in [6.07, 6.45) is 5.48. The van der Waals surface area contributed by atoms with Gasteiger partial charge in [0.2, 0.25) is 0 Å². The van der Waals surface area contributed by atoms with Crippen molar-refractivity contribution in [1.82, 2.24) is 33.9 Å². The predicted octanol–water partition coefficient (Wildman–Crippen LogP) is 5.44. The average molecular weight is 460 g/mol. The Morgan fingerprint density at radius 3 is 2.78 bits per heavy atom. The van der Waals surface area contributed by atoms with Crippen molar-refractivity contribution in [2.45, 2.75) is 0 Å². The molecule has 2 aromatic carbocycles. The van der Waals surface area contributed by atoms with E-state index in [4.69, 9.17) is 28.2 Å². The predicted molar refractivity (Wildman–Crippen MR) is 125 cm³/mol. The molecule has 0 N–H and O–H groups in total. The van der Waals surface area contributed by atoms with Gasteiger partial charge in [-0.1, -0.05) is 29.3 Å². The van der Waals surface area contributed by atoms with Crippen LogP contribution in [0.2, 0.25) is 10.0 Å². The van der Waals surface area contributed by atoms with Crippen LogP contribution in [0, 0.1) is 0 Å². The lowest BCUT2D eigenvalue weighted by Crippen LogP contribution is -2.00. The summed E-state index contributed by atoms with van der Waals surface area (Å²) < 4.78 is 5.76. The number of pyridine rings is 1. The maximum absolute atomic E-state index is 6.56. The molecule has 0 spiro atoms. The second-order valence-electron chi connectivity index (χ2n) is 7.40. The summed E-state index contributed by atoms with van der Waals surface area (Å²) in [4.78, 5) is 4.86. The first kappa shape index (κ1) is 19.0. The van der Waals surface area contributed by atoms with Crippen LogP contribution in [0.4, 0.5) is 0 Å². The lowest BCUT2D eigenvalue weighted by Gasteiger charge is -2.10. The molecule has 4 heterocycles. The van der Waals surface area contributed by atoms with Gasteiger partial charge in [0.15, 0.2) is 5.82 Å². The summed E-state index contributed by atoms with van der Waals surface area (Å²) in [6.45, 7) is 0. The summed E-state index contributed by atoms with van der Waals surface area (Å²) in [6, 6.07) is 17.3. The fraction of sp³-hybridized carbons (Fsp3) is 0.0435. The largest absolute Gasteiger partial charge is 0.296 e. The highest BCUT2D eigenvalue weighted by atomic mass is 35.5. The van der Waals surface area contributed by atoms with Crippen LogP contribution in [-0.2, 0) is 7.05 Å². The molecule has 156 valence electrons. The van der Waals surface area contributed by atoms with Crippen LogP contribution in [0.5, 0.6) is 0 Å². The van der Waals surface area contributed by atoms with Gasteiger partial charge in [0.05, 0.1) is 22.4 Å². The zero-order valence-corrected chi connectivity index (χ0v) is 18.3. The van der Waals surface area contributed by atoms with Gasteiger partial charge in [-0.2, -0.15) is 5.10 Å². The molecule has 7 nitrogen and oxygen atoms in total. The molecule has 0 unspecified atom stereocenters. The Bertz CT molecular complexity index is 1630. The highest BCUT2D eigenvalue weighted by Gasteiger charge is 2.23. The normalized spacial score (nSPS) is 11.6. The molecule has 0 atom stereocenters. The number of hydrogen-bond acceptors (Lipinski definition) is 4. The SMILES string of the molecule is Cn1ncc2ccc(-n3cnnc3-c3c(-c4cc(Cl)ccc4Cl)nc4ccccn34)cc21. The van der Waals surface area contributed by atoms with E-state index in [1.165, 1.54) is 0 Å². The first-order valence-corrected chi connectivity index (χ1v) is 10.6. The third kappa shape index (κ3) is 2.90. The van der Waals surface area contributed by atoms with E-state index in [2.05, 4.69) is 21.4 Å². The highest BCUT2D eigenvalue weighted by Crippen LogP contribution is 2.37. The Morgan fingerprint density at radius 1 is 0.969 bits per heavy atom. The van der Waals surface area contributed by atoms with Gasteiger partial charge >= 0.3 is 0 Å². The fourth-order valence-corrected chi connectivity index (χ4v) is 4.32.